The van der Waals surface area contributed by atoms with Crippen molar-refractivity contribution in [2.45, 2.75) is 20.8 Å². The van der Waals surface area contributed by atoms with Gasteiger partial charge < -0.3 is 10.1 Å². The number of fused-ring (bicyclic) bond motifs is 1. The van der Waals surface area contributed by atoms with Crippen molar-refractivity contribution in [2.24, 2.45) is 0 Å². The lowest BCUT2D eigenvalue weighted by Gasteiger charge is -2.12. The van der Waals surface area contributed by atoms with Crippen LogP contribution in [0.5, 0.6) is 5.75 Å². The van der Waals surface area contributed by atoms with Crippen molar-refractivity contribution in [3.05, 3.63) is 71.5 Å². The number of hydrogen-bond donors (Lipinski definition) is 1. The van der Waals surface area contributed by atoms with Crippen LogP contribution in [0.3, 0.4) is 0 Å². The number of hydrogen-bond acceptors (Lipinski definition) is 5. The number of amides is 1. The van der Waals surface area contributed by atoms with Crippen LogP contribution in [0, 0.1) is 20.8 Å². The Hall–Kier alpha value is -3.74. The second-order valence-electron chi connectivity index (χ2n) is 6.87. The highest BCUT2D eigenvalue weighted by Crippen LogP contribution is 2.23. The fourth-order valence-electron chi connectivity index (χ4n) is 3.17. The number of aromatic nitrogens is 4. The predicted octanol–water partition coefficient (Wildman–Crippen LogP) is 3.73. The van der Waals surface area contributed by atoms with Gasteiger partial charge >= 0.3 is 0 Å². The lowest BCUT2D eigenvalue weighted by atomic mass is 10.1. The van der Waals surface area contributed by atoms with Crippen LogP contribution in [0.4, 0.5) is 5.69 Å². The second-order valence-corrected chi connectivity index (χ2v) is 6.87. The lowest BCUT2D eigenvalue weighted by molar-refractivity contribution is -0.118. The van der Waals surface area contributed by atoms with Crippen molar-refractivity contribution in [1.82, 2.24) is 19.8 Å². The molecular weight excluding hydrogens is 366 g/mol. The molecule has 0 fully saturated rings. The minimum Gasteiger partial charge on any atom is -0.483 e. The highest BCUT2D eigenvalue weighted by atomic mass is 16.5. The third kappa shape index (κ3) is 3.94. The van der Waals surface area contributed by atoms with Crippen LogP contribution in [0.25, 0.3) is 16.9 Å². The minimum absolute atomic E-state index is 0.0555. The standard InChI is InChI=1S/C22H21N5O2/c1-14-6-4-7-15(2)22(14)29-13-21(28)23-18-9-5-8-17(12-18)19-10-11-20-25-24-16(3)27(20)26-19/h4-12H,13H2,1-3H3,(H,23,28). The van der Waals surface area contributed by atoms with Gasteiger partial charge in [0.05, 0.1) is 5.69 Å². The molecule has 0 unspecified atom stereocenters. The summed E-state index contributed by atoms with van der Waals surface area (Å²) < 4.78 is 7.42. The van der Waals surface area contributed by atoms with E-state index in [9.17, 15) is 4.79 Å². The molecule has 1 amide bonds. The van der Waals surface area contributed by atoms with E-state index in [1.54, 1.807) is 4.52 Å². The van der Waals surface area contributed by atoms with Gasteiger partial charge in [-0.25, -0.2) is 0 Å². The molecular formula is C22H21N5O2. The SMILES string of the molecule is Cc1cccc(C)c1OCC(=O)Nc1cccc(-c2ccc3nnc(C)n3n2)c1. The number of nitrogens with zero attached hydrogens (tertiary/aromatic N) is 4. The van der Waals surface area contributed by atoms with Crippen molar-refractivity contribution in [2.75, 3.05) is 11.9 Å². The fraction of sp³-hybridized carbons (Fsp3) is 0.182. The van der Waals surface area contributed by atoms with Gasteiger partial charge in [0, 0.05) is 11.3 Å². The van der Waals surface area contributed by atoms with Crippen molar-refractivity contribution >= 4 is 17.2 Å². The van der Waals surface area contributed by atoms with E-state index in [1.165, 1.54) is 0 Å². The number of nitrogens with one attached hydrogen (secondary N) is 1. The van der Waals surface area contributed by atoms with E-state index < -0.39 is 0 Å². The average molecular weight is 387 g/mol. The maximum absolute atomic E-state index is 12.4. The Morgan fingerprint density at radius 2 is 1.76 bits per heavy atom. The topological polar surface area (TPSA) is 81.4 Å². The van der Waals surface area contributed by atoms with Crippen molar-refractivity contribution < 1.29 is 9.53 Å². The van der Waals surface area contributed by atoms with Gasteiger partial charge in [0.25, 0.3) is 5.91 Å². The Balaban J connectivity index is 1.48. The molecule has 1 N–H and O–H groups in total. The Labute approximate surface area is 168 Å². The summed E-state index contributed by atoms with van der Waals surface area (Å²) in [7, 11) is 0. The first-order chi connectivity index (χ1) is 14.0. The third-order valence-corrected chi connectivity index (χ3v) is 4.62. The molecule has 0 bridgehead atoms. The van der Waals surface area contributed by atoms with Gasteiger partial charge in [-0.3, -0.25) is 4.79 Å². The monoisotopic (exact) mass is 387 g/mol. The molecule has 146 valence electrons. The molecule has 0 radical (unpaired) electrons. The van der Waals surface area contributed by atoms with Crippen LogP contribution in [-0.4, -0.2) is 32.3 Å². The zero-order valence-corrected chi connectivity index (χ0v) is 16.5. The molecule has 2 heterocycles. The number of rotatable bonds is 5. The van der Waals surface area contributed by atoms with E-state index in [1.807, 2.05) is 75.4 Å². The summed E-state index contributed by atoms with van der Waals surface area (Å²) in [6.45, 7) is 5.72. The molecule has 2 aromatic heterocycles. The Bertz CT molecular complexity index is 1180. The van der Waals surface area contributed by atoms with E-state index in [0.717, 1.165) is 34.0 Å². The smallest absolute Gasteiger partial charge is 0.262 e. The number of benzene rings is 2. The normalized spacial score (nSPS) is 10.9. The van der Waals surface area contributed by atoms with Gasteiger partial charge in [0.2, 0.25) is 0 Å². The van der Waals surface area contributed by atoms with Gasteiger partial charge in [-0.15, -0.1) is 10.2 Å². The quantitative estimate of drug-likeness (QED) is 0.564. The van der Waals surface area contributed by atoms with E-state index in [2.05, 4.69) is 20.6 Å². The van der Waals surface area contributed by atoms with Crippen molar-refractivity contribution in [3.8, 4) is 17.0 Å². The average Bonchev–Trinajstić information content (AvgIpc) is 3.08. The molecule has 0 spiro atoms. The second kappa shape index (κ2) is 7.71. The summed E-state index contributed by atoms with van der Waals surface area (Å²) >= 11 is 0. The minimum atomic E-state index is -0.220. The summed E-state index contributed by atoms with van der Waals surface area (Å²) in [6, 6.07) is 17.2. The van der Waals surface area contributed by atoms with Gasteiger partial charge in [0.1, 0.15) is 5.75 Å². The molecule has 7 nitrogen and oxygen atoms in total. The van der Waals surface area contributed by atoms with Gasteiger partial charge in [-0.2, -0.15) is 9.61 Å². The molecule has 29 heavy (non-hydrogen) atoms. The molecule has 4 aromatic rings. The Morgan fingerprint density at radius 3 is 2.55 bits per heavy atom. The first-order valence-corrected chi connectivity index (χ1v) is 9.29. The van der Waals surface area contributed by atoms with Gasteiger partial charge in [-0.05, 0) is 56.2 Å². The number of para-hydroxylation sites is 1. The van der Waals surface area contributed by atoms with Crippen LogP contribution in [0.1, 0.15) is 17.0 Å². The molecule has 4 rings (SSSR count). The summed E-state index contributed by atoms with van der Waals surface area (Å²) in [5.41, 5.74) is 5.03. The molecule has 7 heteroatoms. The van der Waals surface area contributed by atoms with E-state index in [-0.39, 0.29) is 12.5 Å². The van der Waals surface area contributed by atoms with Crippen LogP contribution in [0.15, 0.2) is 54.6 Å². The van der Waals surface area contributed by atoms with Gasteiger partial charge in [-0.1, -0.05) is 30.3 Å². The van der Waals surface area contributed by atoms with E-state index in [0.29, 0.717) is 11.3 Å². The number of ether oxygens (including phenoxy) is 1. The van der Waals surface area contributed by atoms with Crippen LogP contribution < -0.4 is 10.1 Å². The number of carbonyl (C=O) groups is 1. The van der Waals surface area contributed by atoms with Crippen LogP contribution in [0.2, 0.25) is 0 Å². The molecule has 0 saturated carbocycles. The first kappa shape index (κ1) is 18.6. The summed E-state index contributed by atoms with van der Waals surface area (Å²) in [4.78, 5) is 12.4. The molecule has 0 saturated heterocycles. The third-order valence-electron chi connectivity index (χ3n) is 4.62. The summed E-state index contributed by atoms with van der Waals surface area (Å²) in [5, 5.41) is 15.5. The van der Waals surface area contributed by atoms with Crippen molar-refractivity contribution in [3.63, 3.8) is 0 Å². The maximum Gasteiger partial charge on any atom is 0.262 e. The highest BCUT2D eigenvalue weighted by Gasteiger charge is 2.10. The molecule has 2 aromatic carbocycles. The molecule has 0 atom stereocenters. The first-order valence-electron chi connectivity index (χ1n) is 9.29. The number of carbonyl (C=O) groups excluding carboxylic acids is 1. The fourth-order valence-corrected chi connectivity index (χ4v) is 3.17. The van der Waals surface area contributed by atoms with Crippen molar-refractivity contribution in [1.29, 1.82) is 0 Å². The zero-order chi connectivity index (χ0) is 20.4. The number of anilines is 1. The Kier molecular flexibility index (Phi) is 4.95. The van der Waals surface area contributed by atoms with Crippen LogP contribution in [-0.2, 0) is 4.79 Å². The Morgan fingerprint density at radius 1 is 1.00 bits per heavy atom. The largest absolute Gasteiger partial charge is 0.483 e. The summed E-state index contributed by atoms with van der Waals surface area (Å²) in [5.74, 6) is 1.25. The predicted molar refractivity (Wildman–Crippen MR) is 111 cm³/mol. The molecule has 0 aliphatic heterocycles. The van der Waals surface area contributed by atoms with Crippen LogP contribution >= 0.6 is 0 Å². The van der Waals surface area contributed by atoms with Gasteiger partial charge in [0.15, 0.2) is 18.1 Å². The molecule has 0 aliphatic rings. The lowest BCUT2D eigenvalue weighted by Crippen LogP contribution is -2.20. The maximum atomic E-state index is 12.4. The molecule has 0 aliphatic carbocycles. The zero-order valence-electron chi connectivity index (χ0n) is 16.5. The summed E-state index contributed by atoms with van der Waals surface area (Å²) in [6.07, 6.45) is 0. The highest BCUT2D eigenvalue weighted by molar-refractivity contribution is 5.92. The number of aryl methyl sites for hydroxylation is 3. The van der Waals surface area contributed by atoms with E-state index in [4.69, 9.17) is 4.74 Å². The van der Waals surface area contributed by atoms with E-state index >= 15 is 0 Å².